The van der Waals surface area contributed by atoms with Gasteiger partial charge in [-0.2, -0.15) is 0 Å². The summed E-state index contributed by atoms with van der Waals surface area (Å²) in [5.74, 6) is -0.352. The lowest BCUT2D eigenvalue weighted by Crippen LogP contribution is -2.47. The molecule has 0 saturated heterocycles. The Morgan fingerprint density at radius 2 is 1.51 bits per heavy atom. The highest BCUT2D eigenvalue weighted by atomic mass is 16.6. The minimum absolute atomic E-state index is 0.0843. The lowest BCUT2D eigenvalue weighted by Gasteiger charge is -2.34. The molecule has 2 atom stereocenters. The summed E-state index contributed by atoms with van der Waals surface area (Å²) >= 11 is 0. The highest BCUT2D eigenvalue weighted by molar-refractivity contribution is 5.85. The van der Waals surface area contributed by atoms with E-state index in [-0.39, 0.29) is 30.3 Å². The second-order valence-electron chi connectivity index (χ2n) is 13.4. The highest BCUT2D eigenvalue weighted by Gasteiger charge is 2.45. The Balaban J connectivity index is 2.18. The van der Waals surface area contributed by atoms with E-state index >= 15 is 0 Å². The minimum atomic E-state index is -0.683. The fraction of sp³-hybridized carbons (Fsp3) is 0.727. The minimum Gasteiger partial charge on any atom is -0.497 e. The zero-order valence-corrected chi connectivity index (χ0v) is 26.6. The first-order valence-electron chi connectivity index (χ1n) is 15.0. The zero-order chi connectivity index (χ0) is 30.7. The molecule has 1 aromatic carbocycles. The van der Waals surface area contributed by atoms with E-state index in [0.717, 1.165) is 31.4 Å². The third-order valence-electron chi connectivity index (χ3n) is 7.44. The van der Waals surface area contributed by atoms with Crippen LogP contribution in [0, 0.1) is 11.3 Å². The molecule has 1 fully saturated rings. The number of carbonyl (C=O) groups is 3. The van der Waals surface area contributed by atoms with Gasteiger partial charge in [0.2, 0.25) is 5.91 Å². The van der Waals surface area contributed by atoms with Crippen molar-refractivity contribution in [1.82, 2.24) is 5.32 Å². The van der Waals surface area contributed by atoms with Crippen molar-refractivity contribution in [1.29, 1.82) is 0 Å². The molecule has 0 aliphatic heterocycles. The van der Waals surface area contributed by atoms with Crippen LogP contribution in [0.4, 0.5) is 0 Å². The quantitative estimate of drug-likeness (QED) is 0.249. The fourth-order valence-corrected chi connectivity index (χ4v) is 5.49. The van der Waals surface area contributed by atoms with E-state index in [1.807, 2.05) is 65.8 Å². The SMILES string of the molecule is COCC[C@H](CC1(C(=O)N[C@@H](CCCc2ccc(OC)cc2)CC(=O)OC(C)(C)C)CCCC1)C(=O)OC(C)(C)C. The lowest BCUT2D eigenvalue weighted by molar-refractivity contribution is -0.162. The highest BCUT2D eigenvalue weighted by Crippen LogP contribution is 2.44. The molecule has 0 radical (unpaired) electrons. The standard InChI is InChI=1S/C33H53NO7/c1-31(2,3)40-28(35)22-26(13-11-12-24-14-16-27(39-8)17-15-24)34-30(37)33(19-9-10-20-33)23-25(18-21-38-7)29(36)41-32(4,5)6/h14-17,25-26H,9-13,18-23H2,1-8H3,(H,34,37)/t25-,26+/m1/s1. The number of hydrogen-bond acceptors (Lipinski definition) is 7. The van der Waals surface area contributed by atoms with E-state index in [1.54, 1.807) is 14.2 Å². The van der Waals surface area contributed by atoms with Crippen molar-refractivity contribution >= 4 is 17.8 Å². The molecule has 1 N–H and O–H groups in total. The van der Waals surface area contributed by atoms with Gasteiger partial charge in [0.1, 0.15) is 17.0 Å². The van der Waals surface area contributed by atoms with Crippen molar-refractivity contribution in [3.8, 4) is 5.75 Å². The number of rotatable bonds is 15. The Kier molecular flexibility index (Phi) is 13.1. The van der Waals surface area contributed by atoms with Gasteiger partial charge >= 0.3 is 11.9 Å². The monoisotopic (exact) mass is 575 g/mol. The van der Waals surface area contributed by atoms with E-state index < -0.39 is 22.5 Å². The van der Waals surface area contributed by atoms with Crippen LogP contribution in [-0.4, -0.2) is 55.9 Å². The molecule has 0 aromatic heterocycles. The average Bonchev–Trinajstić information content (AvgIpc) is 3.34. The molecule has 0 bridgehead atoms. The number of amides is 1. The van der Waals surface area contributed by atoms with Crippen LogP contribution in [0.5, 0.6) is 5.75 Å². The number of hydrogen-bond donors (Lipinski definition) is 1. The number of carbonyl (C=O) groups excluding carboxylic acids is 3. The van der Waals surface area contributed by atoms with Crippen molar-refractivity contribution in [3.05, 3.63) is 29.8 Å². The van der Waals surface area contributed by atoms with E-state index in [2.05, 4.69) is 5.32 Å². The molecule has 8 heteroatoms. The van der Waals surface area contributed by atoms with Crippen LogP contribution in [-0.2, 0) is 35.0 Å². The fourth-order valence-electron chi connectivity index (χ4n) is 5.49. The van der Waals surface area contributed by atoms with Crippen molar-refractivity contribution < 1.29 is 33.3 Å². The van der Waals surface area contributed by atoms with Crippen LogP contribution < -0.4 is 10.1 Å². The smallest absolute Gasteiger partial charge is 0.309 e. The van der Waals surface area contributed by atoms with Gasteiger partial charge in [-0.1, -0.05) is 25.0 Å². The number of esters is 2. The van der Waals surface area contributed by atoms with Crippen molar-refractivity contribution in [2.24, 2.45) is 11.3 Å². The van der Waals surface area contributed by atoms with Gasteiger partial charge in [-0.15, -0.1) is 0 Å². The number of nitrogens with one attached hydrogen (secondary N) is 1. The third-order valence-corrected chi connectivity index (χ3v) is 7.44. The Labute approximate surface area is 247 Å². The number of aryl methyl sites for hydroxylation is 1. The van der Waals surface area contributed by atoms with Crippen LogP contribution in [0.15, 0.2) is 24.3 Å². The first-order valence-corrected chi connectivity index (χ1v) is 15.0. The molecule has 0 heterocycles. The Bertz CT molecular complexity index is 969. The summed E-state index contributed by atoms with van der Waals surface area (Å²) in [7, 11) is 3.25. The van der Waals surface area contributed by atoms with Gasteiger partial charge in [0.05, 0.1) is 24.9 Å². The van der Waals surface area contributed by atoms with Gasteiger partial charge in [-0.25, -0.2) is 0 Å². The van der Waals surface area contributed by atoms with Crippen LogP contribution in [0.3, 0.4) is 0 Å². The maximum atomic E-state index is 14.0. The van der Waals surface area contributed by atoms with Crippen LogP contribution >= 0.6 is 0 Å². The number of benzene rings is 1. The third kappa shape index (κ3) is 12.4. The zero-order valence-electron chi connectivity index (χ0n) is 26.6. The lowest BCUT2D eigenvalue weighted by atomic mass is 9.75. The van der Waals surface area contributed by atoms with E-state index in [0.29, 0.717) is 38.7 Å². The predicted octanol–water partition coefficient (Wildman–Crippen LogP) is 6.18. The Morgan fingerprint density at radius 1 is 0.902 bits per heavy atom. The van der Waals surface area contributed by atoms with E-state index in [4.69, 9.17) is 18.9 Å². The second-order valence-corrected chi connectivity index (χ2v) is 13.4. The van der Waals surface area contributed by atoms with Gasteiger partial charge in [0, 0.05) is 19.8 Å². The van der Waals surface area contributed by atoms with Crippen molar-refractivity contribution in [2.75, 3.05) is 20.8 Å². The van der Waals surface area contributed by atoms with E-state index in [9.17, 15) is 14.4 Å². The van der Waals surface area contributed by atoms with E-state index in [1.165, 1.54) is 5.56 Å². The van der Waals surface area contributed by atoms with Crippen LogP contribution in [0.2, 0.25) is 0 Å². The normalized spacial score (nSPS) is 16.5. The maximum absolute atomic E-state index is 14.0. The number of ether oxygens (including phenoxy) is 4. The molecule has 2 rings (SSSR count). The second kappa shape index (κ2) is 15.6. The topological polar surface area (TPSA) is 100 Å². The molecule has 1 aliphatic rings. The summed E-state index contributed by atoms with van der Waals surface area (Å²) in [4.78, 5) is 40.0. The average molecular weight is 576 g/mol. The van der Waals surface area contributed by atoms with Gasteiger partial charge in [0.15, 0.2) is 0 Å². The molecule has 0 unspecified atom stereocenters. The van der Waals surface area contributed by atoms with Gasteiger partial charge in [-0.3, -0.25) is 14.4 Å². The molecular weight excluding hydrogens is 522 g/mol. The first-order chi connectivity index (χ1) is 19.2. The van der Waals surface area contributed by atoms with Crippen molar-refractivity contribution in [3.63, 3.8) is 0 Å². The molecule has 232 valence electrons. The van der Waals surface area contributed by atoms with Gasteiger partial charge < -0.3 is 24.3 Å². The largest absolute Gasteiger partial charge is 0.497 e. The molecular formula is C33H53NO7. The predicted molar refractivity (Wildman–Crippen MR) is 160 cm³/mol. The summed E-state index contributed by atoms with van der Waals surface area (Å²) in [6.45, 7) is 11.5. The number of methoxy groups -OCH3 is 2. The maximum Gasteiger partial charge on any atom is 0.309 e. The summed E-state index contributed by atoms with van der Waals surface area (Å²) in [6, 6.07) is 7.56. The Morgan fingerprint density at radius 3 is 2.05 bits per heavy atom. The molecule has 41 heavy (non-hydrogen) atoms. The van der Waals surface area contributed by atoms with Crippen LogP contribution in [0.25, 0.3) is 0 Å². The van der Waals surface area contributed by atoms with Gasteiger partial charge in [-0.05, 0) is 104 Å². The summed E-state index contributed by atoms with van der Waals surface area (Å²) < 4.78 is 21.9. The summed E-state index contributed by atoms with van der Waals surface area (Å²) in [5.41, 5.74) is -0.740. The molecule has 0 spiro atoms. The molecule has 8 nitrogen and oxygen atoms in total. The molecule has 1 aliphatic carbocycles. The molecule has 1 saturated carbocycles. The summed E-state index contributed by atoms with van der Waals surface area (Å²) in [5, 5.41) is 3.23. The van der Waals surface area contributed by atoms with Gasteiger partial charge in [0.25, 0.3) is 0 Å². The first kappa shape index (κ1) is 34.6. The summed E-state index contributed by atoms with van der Waals surface area (Å²) in [6.07, 6.45) is 6.49. The molecule has 1 aromatic rings. The Hall–Kier alpha value is -2.61. The van der Waals surface area contributed by atoms with Crippen molar-refractivity contribution in [2.45, 2.75) is 123 Å². The molecule has 1 amide bonds. The van der Waals surface area contributed by atoms with Crippen LogP contribution in [0.1, 0.15) is 105 Å².